The van der Waals surface area contributed by atoms with Gasteiger partial charge in [0.05, 0.1) is 11.1 Å². The van der Waals surface area contributed by atoms with Gasteiger partial charge in [0.25, 0.3) is 5.91 Å². The maximum absolute atomic E-state index is 13.2. The Morgan fingerprint density at radius 2 is 1.38 bits per heavy atom. The van der Waals surface area contributed by atoms with Crippen LogP contribution in [0.3, 0.4) is 0 Å². The standard InChI is InChI=1S/C31H27N3O8/c1-39-25-23(19-40-29(36)21-13-7-3-8-14-21)41-28(26(25)42-30(37)22-15-9-4-10-16-22)34-18-17-24(33-31(34)38)32-27(35)20-11-5-2-6-12-20/h2-18,23,25-26,28H,19H2,1H3,(H,32,33,35,38)/t23-,25+,26-,28?/m1/s1. The number of anilines is 1. The highest BCUT2D eigenvalue weighted by Gasteiger charge is 2.49. The zero-order valence-corrected chi connectivity index (χ0v) is 22.5. The van der Waals surface area contributed by atoms with Crippen molar-refractivity contribution in [2.24, 2.45) is 0 Å². The normalized spacial score (nSPS) is 19.5. The number of nitrogens with one attached hydrogen (secondary N) is 1. The van der Waals surface area contributed by atoms with Crippen molar-refractivity contribution >= 4 is 23.7 Å². The van der Waals surface area contributed by atoms with Crippen LogP contribution in [0.25, 0.3) is 0 Å². The molecule has 3 aromatic carbocycles. The van der Waals surface area contributed by atoms with E-state index in [1.807, 2.05) is 0 Å². The van der Waals surface area contributed by atoms with Crippen molar-refractivity contribution in [2.75, 3.05) is 19.0 Å². The lowest BCUT2D eigenvalue weighted by atomic mass is 10.1. The summed E-state index contributed by atoms with van der Waals surface area (Å²) in [6.07, 6.45) is -2.73. The molecule has 4 aromatic rings. The molecule has 42 heavy (non-hydrogen) atoms. The fraction of sp³-hybridized carbons (Fsp3) is 0.194. The zero-order valence-electron chi connectivity index (χ0n) is 22.5. The molecule has 5 rings (SSSR count). The van der Waals surface area contributed by atoms with Crippen LogP contribution in [0.1, 0.15) is 37.3 Å². The van der Waals surface area contributed by atoms with Crippen molar-refractivity contribution in [1.82, 2.24) is 9.55 Å². The van der Waals surface area contributed by atoms with Gasteiger partial charge in [0, 0.05) is 18.9 Å². The molecule has 1 aromatic heterocycles. The lowest BCUT2D eigenvalue weighted by molar-refractivity contribution is -0.0642. The van der Waals surface area contributed by atoms with Crippen molar-refractivity contribution in [1.29, 1.82) is 0 Å². The third kappa shape index (κ3) is 6.43. The van der Waals surface area contributed by atoms with Crippen molar-refractivity contribution < 1.29 is 33.3 Å². The van der Waals surface area contributed by atoms with Gasteiger partial charge >= 0.3 is 17.6 Å². The van der Waals surface area contributed by atoms with Gasteiger partial charge in [0.15, 0.2) is 12.3 Å². The molecule has 11 heteroatoms. The van der Waals surface area contributed by atoms with Crippen LogP contribution in [0.4, 0.5) is 5.82 Å². The molecule has 1 N–H and O–H groups in total. The number of amides is 1. The maximum Gasteiger partial charge on any atom is 0.351 e. The fourth-order valence-corrected chi connectivity index (χ4v) is 4.51. The van der Waals surface area contributed by atoms with E-state index in [0.29, 0.717) is 11.1 Å². The SMILES string of the molecule is CO[C@H]1[C@@H](COC(=O)c2ccccc2)OC(n2ccc(NC(=O)c3ccccc3)nc2=O)[C@@H]1OC(=O)c1ccccc1. The Kier molecular flexibility index (Phi) is 8.81. The lowest BCUT2D eigenvalue weighted by Crippen LogP contribution is -2.41. The summed E-state index contributed by atoms with van der Waals surface area (Å²) in [5.41, 5.74) is 0.255. The number of nitrogens with zero attached hydrogens (tertiary/aromatic N) is 2. The van der Waals surface area contributed by atoms with Crippen LogP contribution in [-0.2, 0) is 18.9 Å². The van der Waals surface area contributed by atoms with Gasteiger partial charge < -0.3 is 24.3 Å². The first kappa shape index (κ1) is 28.4. The van der Waals surface area contributed by atoms with E-state index in [-0.39, 0.29) is 18.0 Å². The quantitative estimate of drug-likeness (QED) is 0.301. The first-order valence-corrected chi connectivity index (χ1v) is 13.1. The van der Waals surface area contributed by atoms with Gasteiger partial charge in [-0.05, 0) is 42.5 Å². The number of benzene rings is 3. The molecule has 1 amide bonds. The van der Waals surface area contributed by atoms with E-state index in [1.165, 1.54) is 19.4 Å². The number of hydrogen-bond donors (Lipinski definition) is 1. The predicted molar refractivity (Wildman–Crippen MR) is 150 cm³/mol. The van der Waals surface area contributed by atoms with Crippen LogP contribution in [-0.4, -0.2) is 59.4 Å². The van der Waals surface area contributed by atoms with Gasteiger partial charge in [-0.1, -0.05) is 54.6 Å². The highest BCUT2D eigenvalue weighted by atomic mass is 16.6. The monoisotopic (exact) mass is 569 g/mol. The molecule has 0 spiro atoms. The Morgan fingerprint density at radius 1 is 0.810 bits per heavy atom. The summed E-state index contributed by atoms with van der Waals surface area (Å²) in [5.74, 6) is -1.65. The number of hydrogen-bond acceptors (Lipinski definition) is 9. The van der Waals surface area contributed by atoms with Gasteiger partial charge in [-0.25, -0.2) is 14.4 Å². The number of rotatable bonds is 9. The van der Waals surface area contributed by atoms with Gasteiger partial charge in [0.2, 0.25) is 0 Å². The second-order valence-electron chi connectivity index (χ2n) is 9.29. The molecule has 1 saturated heterocycles. The van der Waals surface area contributed by atoms with Crippen LogP contribution >= 0.6 is 0 Å². The minimum Gasteiger partial charge on any atom is -0.459 e. The molecular formula is C31H27N3O8. The highest BCUT2D eigenvalue weighted by molar-refractivity contribution is 6.03. The van der Waals surface area contributed by atoms with Gasteiger partial charge in [-0.3, -0.25) is 9.36 Å². The largest absolute Gasteiger partial charge is 0.459 e. The lowest BCUT2D eigenvalue weighted by Gasteiger charge is -2.24. The number of carbonyl (C=O) groups is 3. The van der Waals surface area contributed by atoms with E-state index in [4.69, 9.17) is 18.9 Å². The Hall–Kier alpha value is -5.13. The molecule has 4 atom stereocenters. The predicted octanol–water partition coefficient (Wildman–Crippen LogP) is 3.49. The van der Waals surface area contributed by atoms with Crippen molar-refractivity contribution in [2.45, 2.75) is 24.5 Å². The smallest absolute Gasteiger partial charge is 0.351 e. The molecule has 0 aliphatic carbocycles. The zero-order chi connectivity index (χ0) is 29.5. The van der Waals surface area contributed by atoms with Gasteiger partial charge in [-0.15, -0.1) is 0 Å². The summed E-state index contributed by atoms with van der Waals surface area (Å²) >= 11 is 0. The Labute approximate surface area is 240 Å². The fourth-order valence-electron chi connectivity index (χ4n) is 4.51. The summed E-state index contributed by atoms with van der Waals surface area (Å²) in [7, 11) is 1.40. The van der Waals surface area contributed by atoms with Crippen LogP contribution in [0, 0.1) is 0 Å². The first-order valence-electron chi connectivity index (χ1n) is 13.1. The van der Waals surface area contributed by atoms with Gasteiger partial charge in [0.1, 0.15) is 24.6 Å². The van der Waals surface area contributed by atoms with E-state index in [9.17, 15) is 19.2 Å². The molecule has 0 radical (unpaired) electrons. The molecule has 11 nitrogen and oxygen atoms in total. The third-order valence-electron chi connectivity index (χ3n) is 6.58. The van der Waals surface area contributed by atoms with E-state index >= 15 is 0 Å². The highest BCUT2D eigenvalue weighted by Crippen LogP contribution is 2.34. The summed E-state index contributed by atoms with van der Waals surface area (Å²) in [4.78, 5) is 55.2. The van der Waals surface area contributed by atoms with E-state index in [0.717, 1.165) is 4.57 Å². The molecule has 1 aliphatic rings. The maximum atomic E-state index is 13.2. The van der Waals surface area contributed by atoms with E-state index < -0.39 is 48.1 Å². The summed E-state index contributed by atoms with van der Waals surface area (Å²) < 4.78 is 24.2. The molecule has 2 heterocycles. The molecule has 0 bridgehead atoms. The van der Waals surface area contributed by atoms with E-state index in [2.05, 4.69) is 10.3 Å². The Morgan fingerprint density at radius 3 is 1.95 bits per heavy atom. The number of methoxy groups -OCH3 is 1. The second kappa shape index (κ2) is 13.0. The van der Waals surface area contributed by atoms with Crippen LogP contribution in [0.2, 0.25) is 0 Å². The third-order valence-corrected chi connectivity index (χ3v) is 6.58. The summed E-state index contributed by atoms with van der Waals surface area (Å²) in [6, 6.07) is 26.6. The van der Waals surface area contributed by atoms with Crippen molar-refractivity contribution in [3.05, 3.63) is 130 Å². The van der Waals surface area contributed by atoms with Crippen molar-refractivity contribution in [3.63, 3.8) is 0 Å². The van der Waals surface area contributed by atoms with Crippen LogP contribution in [0.5, 0.6) is 0 Å². The first-order chi connectivity index (χ1) is 20.4. The summed E-state index contributed by atoms with van der Waals surface area (Å²) in [5, 5.41) is 2.59. The molecule has 1 aliphatic heterocycles. The van der Waals surface area contributed by atoms with Crippen LogP contribution < -0.4 is 11.0 Å². The van der Waals surface area contributed by atoms with E-state index in [1.54, 1.807) is 91.0 Å². The number of ether oxygens (including phenoxy) is 4. The van der Waals surface area contributed by atoms with Crippen molar-refractivity contribution in [3.8, 4) is 0 Å². The van der Waals surface area contributed by atoms with Crippen LogP contribution in [0.15, 0.2) is 108 Å². The Bertz CT molecular complexity index is 1600. The Balaban J connectivity index is 1.39. The van der Waals surface area contributed by atoms with Gasteiger partial charge in [-0.2, -0.15) is 4.98 Å². The number of aromatic nitrogens is 2. The number of esters is 2. The molecule has 214 valence electrons. The topological polar surface area (TPSA) is 135 Å². The summed E-state index contributed by atoms with van der Waals surface area (Å²) in [6.45, 7) is -0.241. The minimum absolute atomic E-state index is 0.0255. The minimum atomic E-state index is -1.18. The average molecular weight is 570 g/mol. The molecule has 1 fully saturated rings. The average Bonchev–Trinajstić information content (AvgIpc) is 3.37. The molecule has 0 saturated carbocycles. The number of carbonyl (C=O) groups excluding carboxylic acids is 3. The molecule has 1 unspecified atom stereocenters. The second-order valence-corrected chi connectivity index (χ2v) is 9.29. The molecular weight excluding hydrogens is 542 g/mol.